The van der Waals surface area contributed by atoms with Crippen LogP contribution in [0.15, 0.2) is 60.0 Å². The van der Waals surface area contributed by atoms with Gasteiger partial charge in [0.15, 0.2) is 0 Å². The van der Waals surface area contributed by atoms with E-state index in [1.54, 1.807) is 24.5 Å². The molecule has 1 aromatic carbocycles. The zero-order chi connectivity index (χ0) is 20.6. The van der Waals surface area contributed by atoms with Crippen LogP contribution >= 0.6 is 11.7 Å². The van der Waals surface area contributed by atoms with Crippen molar-refractivity contribution >= 4 is 29.2 Å². The summed E-state index contributed by atoms with van der Waals surface area (Å²) in [5.74, 6) is 0.831. The fraction of sp³-hybridized carbons (Fsp3) is 0.250. The molecule has 1 aliphatic heterocycles. The highest BCUT2D eigenvalue weighted by Gasteiger charge is 2.20. The molecule has 0 bridgehead atoms. The second kappa shape index (κ2) is 9.90. The van der Waals surface area contributed by atoms with Gasteiger partial charge in [-0.05, 0) is 12.1 Å². The molecule has 9 nitrogen and oxygen atoms in total. The minimum absolute atomic E-state index is 0.128. The van der Waals surface area contributed by atoms with E-state index in [1.807, 2.05) is 30.3 Å². The predicted octanol–water partition coefficient (Wildman–Crippen LogP) is 1.98. The van der Waals surface area contributed by atoms with Crippen molar-refractivity contribution in [2.45, 2.75) is 0 Å². The Morgan fingerprint density at radius 1 is 1.10 bits per heavy atom. The molecule has 4 rings (SSSR count). The van der Waals surface area contributed by atoms with Crippen LogP contribution in [0, 0.1) is 0 Å². The summed E-state index contributed by atoms with van der Waals surface area (Å²) >= 11 is 1.10. The maximum absolute atomic E-state index is 12.3. The van der Waals surface area contributed by atoms with Crippen LogP contribution in [-0.2, 0) is 4.74 Å². The lowest BCUT2D eigenvalue weighted by atomic mass is 10.1. The molecule has 0 saturated carbocycles. The molecule has 3 aromatic rings. The Morgan fingerprint density at radius 2 is 1.87 bits per heavy atom. The number of nitrogens with zero attached hydrogens (tertiary/aromatic N) is 5. The Hall–Kier alpha value is -3.37. The van der Waals surface area contributed by atoms with E-state index in [4.69, 9.17) is 9.47 Å². The van der Waals surface area contributed by atoms with Gasteiger partial charge in [0.1, 0.15) is 12.3 Å². The lowest BCUT2D eigenvalue weighted by molar-refractivity contribution is 0.0954. The topological polar surface area (TPSA) is 102 Å². The van der Waals surface area contributed by atoms with Crippen molar-refractivity contribution in [1.82, 2.24) is 19.2 Å². The van der Waals surface area contributed by atoms with E-state index in [-0.39, 0.29) is 12.5 Å². The van der Waals surface area contributed by atoms with Crippen LogP contribution in [0.5, 0.6) is 5.88 Å². The summed E-state index contributed by atoms with van der Waals surface area (Å²) in [5, 5.41) is 4.31. The molecule has 0 radical (unpaired) electrons. The first-order valence-corrected chi connectivity index (χ1v) is 10.1. The third-order valence-corrected chi connectivity index (χ3v) is 4.94. The molecule has 1 aliphatic rings. The summed E-state index contributed by atoms with van der Waals surface area (Å²) in [7, 11) is 0. The highest BCUT2D eigenvalue weighted by Crippen LogP contribution is 2.26. The Morgan fingerprint density at radius 3 is 2.63 bits per heavy atom. The first kappa shape index (κ1) is 19.9. The molecule has 0 spiro atoms. The first-order chi connectivity index (χ1) is 14.8. The molecule has 10 heteroatoms. The number of hydrogen-bond acceptors (Lipinski definition) is 9. The second-order valence-electron chi connectivity index (χ2n) is 6.38. The van der Waals surface area contributed by atoms with Crippen LogP contribution in [0.3, 0.4) is 0 Å². The molecule has 3 heterocycles. The molecule has 1 N–H and O–H groups in total. The number of nitrogens with one attached hydrogen (secondary N) is 1. The summed E-state index contributed by atoms with van der Waals surface area (Å²) < 4.78 is 20.0. The van der Waals surface area contributed by atoms with E-state index >= 15 is 0 Å². The summed E-state index contributed by atoms with van der Waals surface area (Å²) in [5.41, 5.74) is 4.46. The largest absolute Gasteiger partial charge is 0.468 e. The average molecular weight is 424 g/mol. The number of amides is 1. The minimum Gasteiger partial charge on any atom is -0.468 e. The quantitative estimate of drug-likeness (QED) is 0.457. The third kappa shape index (κ3) is 4.97. The van der Waals surface area contributed by atoms with Crippen LogP contribution < -0.4 is 15.1 Å². The maximum Gasteiger partial charge on any atom is 0.271 e. The summed E-state index contributed by atoms with van der Waals surface area (Å²) in [6.07, 6.45) is 3.12. The predicted molar refractivity (Wildman–Crippen MR) is 113 cm³/mol. The molecule has 154 valence electrons. The Bertz CT molecular complexity index is 990. The van der Waals surface area contributed by atoms with E-state index in [2.05, 4.69) is 29.2 Å². The summed E-state index contributed by atoms with van der Waals surface area (Å²) in [6.45, 7) is 2.90. The van der Waals surface area contributed by atoms with Crippen molar-refractivity contribution < 1.29 is 14.3 Å². The SMILES string of the molecule is O=C(N/N=C(\COc1nsnc1N1CCOCC1)c1ccccc1)c1ccncc1. The van der Waals surface area contributed by atoms with Gasteiger partial charge in [0.25, 0.3) is 11.8 Å². The summed E-state index contributed by atoms with van der Waals surface area (Å²) in [6, 6.07) is 12.8. The van der Waals surface area contributed by atoms with Gasteiger partial charge in [-0.1, -0.05) is 30.3 Å². The first-order valence-electron chi connectivity index (χ1n) is 9.41. The van der Waals surface area contributed by atoms with Gasteiger partial charge >= 0.3 is 0 Å². The number of aromatic nitrogens is 3. The standard InChI is InChI=1S/C20H20N6O3S/c27-19(16-6-8-21-9-7-16)23-22-17(15-4-2-1-3-5-15)14-29-20-18(24-30-25-20)26-10-12-28-13-11-26/h1-9H,10-14H2,(H,23,27)/b22-17+. The third-order valence-electron chi connectivity index (χ3n) is 4.44. The molecule has 1 fully saturated rings. The zero-order valence-electron chi connectivity index (χ0n) is 16.1. The molecule has 1 amide bonds. The number of carbonyl (C=O) groups is 1. The van der Waals surface area contributed by atoms with Crippen molar-refractivity contribution in [2.75, 3.05) is 37.8 Å². The van der Waals surface area contributed by atoms with E-state index in [0.717, 1.165) is 30.4 Å². The molecule has 30 heavy (non-hydrogen) atoms. The van der Waals surface area contributed by atoms with Crippen molar-refractivity contribution in [1.29, 1.82) is 0 Å². The lowest BCUT2D eigenvalue weighted by Gasteiger charge is -2.26. The fourth-order valence-corrected chi connectivity index (χ4v) is 3.39. The van der Waals surface area contributed by atoms with Crippen LogP contribution in [0.4, 0.5) is 5.82 Å². The summed E-state index contributed by atoms with van der Waals surface area (Å²) in [4.78, 5) is 18.4. The van der Waals surface area contributed by atoms with Gasteiger partial charge in [-0.3, -0.25) is 9.78 Å². The Labute approximate surface area is 177 Å². The van der Waals surface area contributed by atoms with Gasteiger partial charge in [-0.2, -0.15) is 9.47 Å². The van der Waals surface area contributed by atoms with Gasteiger partial charge in [0, 0.05) is 36.6 Å². The maximum atomic E-state index is 12.3. The van der Waals surface area contributed by atoms with Gasteiger partial charge < -0.3 is 14.4 Å². The highest BCUT2D eigenvalue weighted by atomic mass is 32.1. The number of benzene rings is 1. The number of ether oxygens (including phenoxy) is 2. The Kier molecular flexibility index (Phi) is 6.58. The molecular weight excluding hydrogens is 404 g/mol. The van der Waals surface area contributed by atoms with E-state index < -0.39 is 0 Å². The van der Waals surface area contributed by atoms with Crippen molar-refractivity contribution in [3.63, 3.8) is 0 Å². The number of anilines is 1. The zero-order valence-corrected chi connectivity index (χ0v) is 16.9. The monoisotopic (exact) mass is 424 g/mol. The van der Waals surface area contributed by atoms with Gasteiger partial charge in [0.2, 0.25) is 5.82 Å². The highest BCUT2D eigenvalue weighted by molar-refractivity contribution is 6.99. The van der Waals surface area contributed by atoms with E-state index in [9.17, 15) is 4.79 Å². The molecular formula is C20H20N6O3S. The second-order valence-corrected chi connectivity index (χ2v) is 6.91. The van der Waals surface area contributed by atoms with Gasteiger partial charge in [-0.15, -0.1) is 4.37 Å². The van der Waals surface area contributed by atoms with Crippen molar-refractivity contribution in [3.05, 3.63) is 66.0 Å². The molecule has 0 unspecified atom stereocenters. The fourth-order valence-electron chi connectivity index (χ4n) is 2.87. The molecule has 2 aromatic heterocycles. The average Bonchev–Trinajstić information content (AvgIpc) is 3.29. The molecule has 0 atom stereocenters. The number of hydrazone groups is 1. The smallest absolute Gasteiger partial charge is 0.271 e. The van der Waals surface area contributed by atoms with E-state index in [1.165, 1.54) is 0 Å². The van der Waals surface area contributed by atoms with Crippen molar-refractivity contribution in [3.8, 4) is 5.88 Å². The van der Waals surface area contributed by atoms with Gasteiger partial charge in [0.05, 0.1) is 24.9 Å². The van der Waals surface area contributed by atoms with E-state index in [0.29, 0.717) is 36.2 Å². The van der Waals surface area contributed by atoms with Crippen molar-refractivity contribution in [2.24, 2.45) is 5.10 Å². The number of carbonyl (C=O) groups excluding carboxylic acids is 1. The number of pyridine rings is 1. The van der Waals surface area contributed by atoms with Crippen LogP contribution in [0.25, 0.3) is 0 Å². The number of morpholine rings is 1. The van der Waals surface area contributed by atoms with Gasteiger partial charge in [-0.25, -0.2) is 5.43 Å². The minimum atomic E-state index is -0.324. The Balaban J connectivity index is 1.49. The molecule has 0 aliphatic carbocycles. The lowest BCUT2D eigenvalue weighted by Crippen LogP contribution is -2.36. The van der Waals surface area contributed by atoms with Crippen LogP contribution in [-0.4, -0.2) is 58.3 Å². The number of hydrogen-bond donors (Lipinski definition) is 1. The van der Waals surface area contributed by atoms with Crippen LogP contribution in [0.2, 0.25) is 0 Å². The molecule has 1 saturated heterocycles. The number of rotatable bonds is 7. The normalized spacial score (nSPS) is 14.4. The van der Waals surface area contributed by atoms with Crippen LogP contribution in [0.1, 0.15) is 15.9 Å².